The van der Waals surface area contributed by atoms with E-state index >= 15 is 0 Å². The molecule has 0 saturated heterocycles. The van der Waals surface area contributed by atoms with Gasteiger partial charge in [-0.05, 0) is 48.6 Å². The molecule has 9 heteroatoms. The Kier molecular flexibility index (Phi) is 9.94. The van der Waals surface area contributed by atoms with E-state index in [1.54, 1.807) is 55.5 Å². The Morgan fingerprint density at radius 1 is 1.06 bits per heavy atom. The monoisotopic (exact) mass is 507 g/mol. The van der Waals surface area contributed by atoms with E-state index in [9.17, 15) is 18.0 Å². The molecule has 7 nitrogen and oxygen atoms in total. The fraction of sp³-hybridized carbons (Fsp3) is 0.440. The summed E-state index contributed by atoms with van der Waals surface area (Å²) in [6, 6.07) is 13.3. The van der Waals surface area contributed by atoms with Gasteiger partial charge in [-0.1, -0.05) is 62.7 Å². The number of amides is 2. The second-order valence-corrected chi connectivity index (χ2v) is 11.1. The number of halogens is 1. The van der Waals surface area contributed by atoms with E-state index < -0.39 is 28.5 Å². The quantitative estimate of drug-likeness (QED) is 0.498. The Labute approximate surface area is 208 Å². The smallest absolute Gasteiger partial charge is 0.244 e. The number of nitrogens with one attached hydrogen (secondary N) is 1. The van der Waals surface area contributed by atoms with Gasteiger partial charge in [0, 0.05) is 18.1 Å². The summed E-state index contributed by atoms with van der Waals surface area (Å²) in [7, 11) is -3.75. The van der Waals surface area contributed by atoms with Gasteiger partial charge in [-0.3, -0.25) is 13.9 Å². The zero-order valence-electron chi connectivity index (χ0n) is 20.4. The van der Waals surface area contributed by atoms with Gasteiger partial charge >= 0.3 is 0 Å². The number of carbonyl (C=O) groups excluding carboxylic acids is 2. The standard InChI is InChI=1S/C25H34ClN3O4S/c1-6-22(25(31)27-15-18(2)3)28(16-20-11-13-21(26)14-12-20)24(30)17-29(34(5,32)33)23-10-8-7-9-19(23)4/h7-14,18,22H,6,15-17H2,1-5H3,(H,27,31). The lowest BCUT2D eigenvalue weighted by Gasteiger charge is -2.33. The van der Waals surface area contributed by atoms with Crippen molar-refractivity contribution >= 4 is 39.1 Å². The zero-order valence-corrected chi connectivity index (χ0v) is 22.0. The van der Waals surface area contributed by atoms with Gasteiger partial charge < -0.3 is 10.2 Å². The first-order valence-corrected chi connectivity index (χ1v) is 13.5. The summed E-state index contributed by atoms with van der Waals surface area (Å²) in [5.74, 6) is -0.473. The molecule has 34 heavy (non-hydrogen) atoms. The van der Waals surface area contributed by atoms with Gasteiger partial charge in [-0.2, -0.15) is 0 Å². The van der Waals surface area contributed by atoms with Crippen molar-refractivity contribution in [3.05, 3.63) is 64.7 Å². The third-order valence-electron chi connectivity index (χ3n) is 5.40. The van der Waals surface area contributed by atoms with Crippen molar-refractivity contribution in [2.75, 3.05) is 23.7 Å². The minimum absolute atomic E-state index is 0.148. The highest BCUT2D eigenvalue weighted by atomic mass is 35.5. The molecule has 2 aromatic carbocycles. The number of sulfonamides is 1. The lowest BCUT2D eigenvalue weighted by atomic mass is 10.1. The fourth-order valence-electron chi connectivity index (χ4n) is 3.57. The molecular formula is C25H34ClN3O4S. The summed E-state index contributed by atoms with van der Waals surface area (Å²) in [6.07, 6.45) is 1.45. The van der Waals surface area contributed by atoms with Crippen LogP contribution in [-0.2, 0) is 26.2 Å². The van der Waals surface area contributed by atoms with Crippen LogP contribution >= 0.6 is 11.6 Å². The number of nitrogens with zero attached hydrogens (tertiary/aromatic N) is 2. The topological polar surface area (TPSA) is 86.8 Å². The summed E-state index contributed by atoms with van der Waals surface area (Å²) >= 11 is 6.01. The fourth-order valence-corrected chi connectivity index (χ4v) is 4.60. The summed E-state index contributed by atoms with van der Waals surface area (Å²) in [5, 5.41) is 3.46. The highest BCUT2D eigenvalue weighted by molar-refractivity contribution is 7.92. The number of benzene rings is 2. The summed E-state index contributed by atoms with van der Waals surface area (Å²) in [5.41, 5.74) is 1.95. The summed E-state index contributed by atoms with van der Waals surface area (Å²) in [6.45, 7) is 7.82. The number of para-hydroxylation sites is 1. The predicted molar refractivity (Wildman–Crippen MR) is 137 cm³/mol. The van der Waals surface area contributed by atoms with E-state index in [0.717, 1.165) is 21.7 Å². The van der Waals surface area contributed by atoms with Crippen molar-refractivity contribution < 1.29 is 18.0 Å². The molecule has 1 N–H and O–H groups in total. The average Bonchev–Trinajstić information content (AvgIpc) is 2.77. The van der Waals surface area contributed by atoms with Gasteiger partial charge in [0.2, 0.25) is 21.8 Å². The average molecular weight is 508 g/mol. The van der Waals surface area contributed by atoms with Crippen LogP contribution in [0.2, 0.25) is 5.02 Å². The number of aryl methyl sites for hydroxylation is 1. The molecule has 2 rings (SSSR count). The van der Waals surface area contributed by atoms with Crippen molar-refractivity contribution in [1.82, 2.24) is 10.2 Å². The second kappa shape index (κ2) is 12.2. The number of carbonyl (C=O) groups is 2. The number of hydrogen-bond donors (Lipinski definition) is 1. The third-order valence-corrected chi connectivity index (χ3v) is 6.78. The van der Waals surface area contributed by atoms with Crippen LogP contribution in [0.3, 0.4) is 0 Å². The molecule has 186 valence electrons. The molecule has 1 unspecified atom stereocenters. The van der Waals surface area contributed by atoms with Crippen LogP contribution in [0.1, 0.15) is 38.3 Å². The Hall–Kier alpha value is -2.58. The van der Waals surface area contributed by atoms with E-state index in [2.05, 4.69) is 5.32 Å². The summed E-state index contributed by atoms with van der Waals surface area (Å²) < 4.78 is 26.4. The van der Waals surface area contributed by atoms with Gasteiger partial charge in [0.05, 0.1) is 11.9 Å². The van der Waals surface area contributed by atoms with Crippen molar-refractivity contribution in [2.24, 2.45) is 5.92 Å². The van der Waals surface area contributed by atoms with Gasteiger partial charge in [0.25, 0.3) is 0 Å². The maximum Gasteiger partial charge on any atom is 0.244 e. The molecule has 0 aliphatic rings. The molecule has 0 heterocycles. The van der Waals surface area contributed by atoms with Crippen molar-refractivity contribution in [3.63, 3.8) is 0 Å². The van der Waals surface area contributed by atoms with E-state index in [0.29, 0.717) is 23.7 Å². The van der Waals surface area contributed by atoms with Crippen molar-refractivity contribution in [1.29, 1.82) is 0 Å². The number of anilines is 1. The molecule has 0 aromatic heterocycles. The minimum atomic E-state index is -3.75. The maximum absolute atomic E-state index is 13.6. The Balaban J connectivity index is 2.42. The van der Waals surface area contributed by atoms with Crippen LogP contribution in [0.5, 0.6) is 0 Å². The van der Waals surface area contributed by atoms with Crippen LogP contribution in [0.25, 0.3) is 0 Å². The minimum Gasteiger partial charge on any atom is -0.354 e. The third kappa shape index (κ3) is 7.74. The molecule has 0 spiro atoms. The van der Waals surface area contributed by atoms with Crippen LogP contribution in [0.15, 0.2) is 48.5 Å². The summed E-state index contributed by atoms with van der Waals surface area (Å²) in [4.78, 5) is 28.1. The van der Waals surface area contributed by atoms with E-state index in [4.69, 9.17) is 11.6 Å². The van der Waals surface area contributed by atoms with Gasteiger partial charge in [0.15, 0.2) is 0 Å². The van der Waals surface area contributed by atoms with E-state index in [1.165, 1.54) is 4.90 Å². The molecule has 2 aromatic rings. The maximum atomic E-state index is 13.6. The zero-order chi connectivity index (χ0) is 25.5. The molecule has 1 atom stereocenters. The van der Waals surface area contributed by atoms with Crippen LogP contribution in [0.4, 0.5) is 5.69 Å². The second-order valence-electron chi connectivity index (χ2n) is 8.77. The molecule has 0 bridgehead atoms. The Bertz CT molecular complexity index is 1090. The Morgan fingerprint density at radius 2 is 1.68 bits per heavy atom. The molecule has 0 aliphatic heterocycles. The van der Waals surface area contributed by atoms with E-state index in [1.807, 2.05) is 20.8 Å². The number of rotatable bonds is 11. The van der Waals surface area contributed by atoms with Crippen LogP contribution in [-0.4, -0.2) is 50.5 Å². The lowest BCUT2D eigenvalue weighted by molar-refractivity contribution is -0.140. The molecule has 0 saturated carbocycles. The molecule has 2 amide bonds. The Morgan fingerprint density at radius 3 is 2.21 bits per heavy atom. The highest BCUT2D eigenvalue weighted by Gasteiger charge is 2.32. The van der Waals surface area contributed by atoms with E-state index in [-0.39, 0.29) is 18.4 Å². The van der Waals surface area contributed by atoms with Gasteiger partial charge in [0.1, 0.15) is 12.6 Å². The highest BCUT2D eigenvalue weighted by Crippen LogP contribution is 2.23. The van der Waals surface area contributed by atoms with Crippen molar-refractivity contribution in [3.8, 4) is 0 Å². The van der Waals surface area contributed by atoms with Crippen LogP contribution < -0.4 is 9.62 Å². The predicted octanol–water partition coefficient (Wildman–Crippen LogP) is 3.99. The van der Waals surface area contributed by atoms with Crippen LogP contribution in [0, 0.1) is 12.8 Å². The van der Waals surface area contributed by atoms with Gasteiger partial charge in [-0.15, -0.1) is 0 Å². The SMILES string of the molecule is CCC(C(=O)NCC(C)C)N(Cc1ccc(Cl)cc1)C(=O)CN(c1ccccc1C)S(C)(=O)=O. The normalized spacial score (nSPS) is 12.3. The largest absolute Gasteiger partial charge is 0.354 e. The lowest BCUT2D eigenvalue weighted by Crippen LogP contribution is -2.52. The first kappa shape index (κ1) is 27.7. The first-order valence-electron chi connectivity index (χ1n) is 11.3. The molecule has 0 radical (unpaired) electrons. The molecule has 0 aliphatic carbocycles. The molecular weight excluding hydrogens is 474 g/mol. The van der Waals surface area contributed by atoms with Gasteiger partial charge in [-0.25, -0.2) is 8.42 Å². The van der Waals surface area contributed by atoms with Crippen molar-refractivity contribution in [2.45, 2.75) is 46.7 Å². The number of hydrogen-bond acceptors (Lipinski definition) is 4. The first-order chi connectivity index (χ1) is 15.9. The molecule has 0 fully saturated rings.